The fourth-order valence-corrected chi connectivity index (χ4v) is 4.15. The van der Waals surface area contributed by atoms with Crippen molar-refractivity contribution in [3.63, 3.8) is 0 Å². The van der Waals surface area contributed by atoms with E-state index in [1.165, 1.54) is 12.8 Å². The van der Waals surface area contributed by atoms with Crippen LogP contribution in [0.2, 0.25) is 0 Å². The number of likely N-dealkylation sites (tertiary alicyclic amines) is 1. The minimum Gasteiger partial charge on any atom is -0.396 e. The first kappa shape index (κ1) is 17.0. The zero-order valence-corrected chi connectivity index (χ0v) is 14.1. The van der Waals surface area contributed by atoms with Gasteiger partial charge in [-0.05, 0) is 56.4 Å². The molecule has 1 aliphatic carbocycles. The summed E-state index contributed by atoms with van der Waals surface area (Å²) in [5.41, 5.74) is 0.320. The molecule has 1 saturated heterocycles. The number of ketones is 1. The lowest BCUT2D eigenvalue weighted by Crippen LogP contribution is -2.41. The summed E-state index contributed by atoms with van der Waals surface area (Å²) in [6.45, 7) is 9.32. The molecule has 1 aliphatic heterocycles. The molecule has 1 N–H and O–H groups in total. The van der Waals surface area contributed by atoms with E-state index in [0.717, 1.165) is 45.2 Å². The quantitative estimate of drug-likeness (QED) is 0.846. The van der Waals surface area contributed by atoms with Gasteiger partial charge in [-0.15, -0.1) is 0 Å². The van der Waals surface area contributed by atoms with Crippen molar-refractivity contribution in [2.24, 2.45) is 17.3 Å². The van der Waals surface area contributed by atoms with Gasteiger partial charge in [-0.1, -0.05) is 20.8 Å². The smallest absolute Gasteiger partial charge is 0.137 e. The third-order valence-electron chi connectivity index (χ3n) is 5.64. The standard InChI is InChI=1S/C18H33NO2/c1-18(2,3)15-8-9-17(21)14(12-15)13-19-10-4-6-16(19)7-5-11-20/h14-16,20H,4-13H2,1-3H3. The lowest BCUT2D eigenvalue weighted by Gasteiger charge is -2.39. The average molecular weight is 295 g/mol. The zero-order valence-electron chi connectivity index (χ0n) is 14.1. The molecule has 3 nitrogen and oxygen atoms in total. The van der Waals surface area contributed by atoms with Crippen LogP contribution in [0.1, 0.15) is 65.7 Å². The Bertz CT molecular complexity index is 348. The van der Waals surface area contributed by atoms with Crippen molar-refractivity contribution in [1.82, 2.24) is 4.90 Å². The number of aliphatic hydroxyl groups excluding tert-OH is 1. The van der Waals surface area contributed by atoms with Crippen LogP contribution in [0.15, 0.2) is 0 Å². The maximum Gasteiger partial charge on any atom is 0.137 e. The Kier molecular flexibility index (Phi) is 5.84. The first-order valence-electron chi connectivity index (χ1n) is 8.79. The van der Waals surface area contributed by atoms with Gasteiger partial charge < -0.3 is 5.11 Å². The van der Waals surface area contributed by atoms with Crippen LogP contribution in [0.4, 0.5) is 0 Å². The Balaban J connectivity index is 1.92. The van der Waals surface area contributed by atoms with Crippen LogP contribution in [-0.2, 0) is 4.79 Å². The van der Waals surface area contributed by atoms with E-state index in [4.69, 9.17) is 5.11 Å². The highest BCUT2D eigenvalue weighted by Crippen LogP contribution is 2.39. The van der Waals surface area contributed by atoms with Gasteiger partial charge in [0.1, 0.15) is 5.78 Å². The fourth-order valence-electron chi connectivity index (χ4n) is 4.15. The number of carbonyl (C=O) groups is 1. The summed E-state index contributed by atoms with van der Waals surface area (Å²) < 4.78 is 0. The number of hydrogen-bond acceptors (Lipinski definition) is 3. The molecule has 3 unspecified atom stereocenters. The molecule has 2 aliphatic rings. The first-order valence-corrected chi connectivity index (χ1v) is 8.79. The highest BCUT2D eigenvalue weighted by atomic mass is 16.2. The molecule has 0 amide bonds. The van der Waals surface area contributed by atoms with Gasteiger partial charge in [-0.25, -0.2) is 0 Å². The molecule has 122 valence electrons. The Labute approximate surface area is 130 Å². The van der Waals surface area contributed by atoms with Gasteiger partial charge >= 0.3 is 0 Å². The molecule has 0 aromatic heterocycles. The van der Waals surface area contributed by atoms with Crippen LogP contribution in [-0.4, -0.2) is 41.5 Å². The molecule has 0 aromatic rings. The average Bonchev–Trinajstić information content (AvgIpc) is 2.85. The molecule has 21 heavy (non-hydrogen) atoms. The summed E-state index contributed by atoms with van der Waals surface area (Å²) >= 11 is 0. The van der Waals surface area contributed by atoms with Crippen molar-refractivity contribution in [3.05, 3.63) is 0 Å². The molecule has 3 heteroatoms. The maximum atomic E-state index is 12.3. The van der Waals surface area contributed by atoms with Crippen molar-refractivity contribution < 1.29 is 9.90 Å². The van der Waals surface area contributed by atoms with Crippen LogP contribution >= 0.6 is 0 Å². The van der Waals surface area contributed by atoms with Crippen molar-refractivity contribution in [3.8, 4) is 0 Å². The summed E-state index contributed by atoms with van der Waals surface area (Å²) in [6.07, 6.45) is 7.40. The van der Waals surface area contributed by atoms with Gasteiger partial charge in [-0.2, -0.15) is 0 Å². The maximum absolute atomic E-state index is 12.3. The van der Waals surface area contributed by atoms with E-state index >= 15 is 0 Å². The summed E-state index contributed by atoms with van der Waals surface area (Å²) in [7, 11) is 0. The second-order valence-corrected chi connectivity index (χ2v) is 8.16. The van der Waals surface area contributed by atoms with Crippen molar-refractivity contribution in [2.75, 3.05) is 19.7 Å². The Morgan fingerprint density at radius 1 is 1.29 bits per heavy atom. The van der Waals surface area contributed by atoms with E-state index in [0.29, 0.717) is 29.8 Å². The largest absolute Gasteiger partial charge is 0.396 e. The number of nitrogens with zero attached hydrogens (tertiary/aromatic N) is 1. The third-order valence-corrected chi connectivity index (χ3v) is 5.64. The van der Waals surface area contributed by atoms with Gasteiger partial charge in [0.05, 0.1) is 0 Å². The van der Waals surface area contributed by atoms with E-state index in [1.807, 2.05) is 0 Å². The number of hydrogen-bond donors (Lipinski definition) is 1. The summed E-state index contributed by atoms with van der Waals surface area (Å²) in [5.74, 6) is 1.42. The lowest BCUT2D eigenvalue weighted by atomic mass is 9.68. The van der Waals surface area contributed by atoms with Crippen molar-refractivity contribution in [2.45, 2.75) is 71.8 Å². The van der Waals surface area contributed by atoms with Gasteiger partial charge in [-0.3, -0.25) is 9.69 Å². The summed E-state index contributed by atoms with van der Waals surface area (Å²) in [6, 6.07) is 0.597. The van der Waals surface area contributed by atoms with E-state index < -0.39 is 0 Å². The minimum absolute atomic E-state index is 0.248. The third kappa shape index (κ3) is 4.53. The molecule has 0 radical (unpaired) electrons. The van der Waals surface area contributed by atoms with Gasteiger partial charge in [0.25, 0.3) is 0 Å². The van der Waals surface area contributed by atoms with Crippen LogP contribution < -0.4 is 0 Å². The highest BCUT2D eigenvalue weighted by molar-refractivity contribution is 5.82. The molecular formula is C18H33NO2. The molecule has 0 aromatic carbocycles. The highest BCUT2D eigenvalue weighted by Gasteiger charge is 2.37. The molecule has 3 atom stereocenters. The molecule has 1 heterocycles. The number of aliphatic hydroxyl groups is 1. The lowest BCUT2D eigenvalue weighted by molar-refractivity contribution is -0.127. The Hall–Kier alpha value is -0.410. The van der Waals surface area contributed by atoms with Crippen molar-refractivity contribution in [1.29, 1.82) is 0 Å². The number of carbonyl (C=O) groups excluding carboxylic acids is 1. The first-order chi connectivity index (χ1) is 9.91. The normalized spacial score (nSPS) is 31.8. The monoisotopic (exact) mass is 295 g/mol. The van der Waals surface area contributed by atoms with Crippen LogP contribution in [0, 0.1) is 17.3 Å². The van der Waals surface area contributed by atoms with E-state index in [1.54, 1.807) is 0 Å². The molecule has 2 rings (SSSR count). The SMILES string of the molecule is CC(C)(C)C1CCC(=O)C(CN2CCCC2CCCO)C1. The minimum atomic E-state index is 0.248. The van der Waals surface area contributed by atoms with Gasteiger partial charge in [0, 0.05) is 31.5 Å². The number of Topliss-reactive ketones (excluding diaryl/α,β-unsaturated/α-hetero) is 1. The Morgan fingerprint density at radius 3 is 2.71 bits per heavy atom. The molecular weight excluding hydrogens is 262 g/mol. The zero-order chi connectivity index (χ0) is 15.5. The topological polar surface area (TPSA) is 40.5 Å². The summed E-state index contributed by atoms with van der Waals surface area (Å²) in [4.78, 5) is 14.8. The van der Waals surface area contributed by atoms with Gasteiger partial charge in [0.2, 0.25) is 0 Å². The second kappa shape index (κ2) is 7.23. The molecule has 1 saturated carbocycles. The Morgan fingerprint density at radius 2 is 2.05 bits per heavy atom. The van der Waals surface area contributed by atoms with Gasteiger partial charge in [0.15, 0.2) is 0 Å². The van der Waals surface area contributed by atoms with Crippen LogP contribution in [0.25, 0.3) is 0 Å². The van der Waals surface area contributed by atoms with E-state index in [2.05, 4.69) is 25.7 Å². The van der Waals surface area contributed by atoms with E-state index in [9.17, 15) is 4.79 Å². The summed E-state index contributed by atoms with van der Waals surface area (Å²) in [5, 5.41) is 9.03. The number of rotatable bonds is 5. The van der Waals surface area contributed by atoms with E-state index in [-0.39, 0.29) is 5.92 Å². The molecule has 0 spiro atoms. The molecule has 2 fully saturated rings. The van der Waals surface area contributed by atoms with Crippen LogP contribution in [0.3, 0.4) is 0 Å². The predicted octanol–water partition coefficient (Wildman–Crippen LogP) is 3.25. The van der Waals surface area contributed by atoms with Crippen LogP contribution in [0.5, 0.6) is 0 Å². The second-order valence-electron chi connectivity index (χ2n) is 8.16. The predicted molar refractivity (Wildman–Crippen MR) is 86.2 cm³/mol. The fraction of sp³-hybridized carbons (Fsp3) is 0.944. The van der Waals surface area contributed by atoms with Crippen molar-refractivity contribution >= 4 is 5.78 Å². The molecule has 0 bridgehead atoms.